The standard InChI is InChI=1S/C10H23N5/c1-10(2,3)15-7-5-14(6-8-15)9(12-4)13-11/h5-8,11H2,1-4H3,(H,12,13). The Morgan fingerprint density at radius 1 is 1.20 bits per heavy atom. The lowest BCUT2D eigenvalue weighted by molar-refractivity contribution is 0.0870. The van der Waals surface area contributed by atoms with E-state index in [9.17, 15) is 0 Å². The average Bonchev–Trinajstić information content (AvgIpc) is 2.19. The van der Waals surface area contributed by atoms with Gasteiger partial charge in [-0.25, -0.2) is 5.84 Å². The molecular formula is C10H23N5. The molecule has 1 rings (SSSR count). The quantitative estimate of drug-likeness (QED) is 0.254. The molecule has 0 aliphatic carbocycles. The van der Waals surface area contributed by atoms with Gasteiger partial charge < -0.3 is 4.90 Å². The summed E-state index contributed by atoms with van der Waals surface area (Å²) >= 11 is 0. The monoisotopic (exact) mass is 213 g/mol. The van der Waals surface area contributed by atoms with Gasteiger partial charge in [-0.15, -0.1) is 0 Å². The van der Waals surface area contributed by atoms with Crippen molar-refractivity contribution in [3.8, 4) is 0 Å². The lowest BCUT2D eigenvalue weighted by Crippen LogP contribution is -2.57. The second kappa shape index (κ2) is 4.81. The number of hydrogen-bond acceptors (Lipinski definition) is 3. The first-order valence-electron chi connectivity index (χ1n) is 5.42. The van der Waals surface area contributed by atoms with E-state index < -0.39 is 0 Å². The Balaban J connectivity index is 2.49. The number of hydrazine groups is 1. The molecule has 0 bridgehead atoms. The third-order valence-electron chi connectivity index (χ3n) is 2.87. The Bertz CT molecular complexity index is 222. The molecule has 0 saturated carbocycles. The van der Waals surface area contributed by atoms with Crippen LogP contribution in [-0.2, 0) is 0 Å². The molecule has 88 valence electrons. The first-order valence-corrected chi connectivity index (χ1v) is 5.42. The summed E-state index contributed by atoms with van der Waals surface area (Å²) in [7, 11) is 1.76. The van der Waals surface area contributed by atoms with Crippen molar-refractivity contribution in [1.29, 1.82) is 0 Å². The number of nitrogens with two attached hydrogens (primary N) is 1. The van der Waals surface area contributed by atoms with Crippen LogP contribution in [0.15, 0.2) is 4.99 Å². The Morgan fingerprint density at radius 3 is 2.07 bits per heavy atom. The van der Waals surface area contributed by atoms with Gasteiger partial charge in [0.2, 0.25) is 5.96 Å². The third kappa shape index (κ3) is 3.07. The van der Waals surface area contributed by atoms with Crippen LogP contribution in [0.1, 0.15) is 20.8 Å². The molecule has 0 aromatic rings. The molecule has 1 heterocycles. The first kappa shape index (κ1) is 12.3. The zero-order chi connectivity index (χ0) is 11.5. The van der Waals surface area contributed by atoms with Gasteiger partial charge in [0.05, 0.1) is 0 Å². The van der Waals surface area contributed by atoms with Crippen LogP contribution in [0, 0.1) is 0 Å². The molecular weight excluding hydrogens is 190 g/mol. The van der Waals surface area contributed by atoms with E-state index in [0.29, 0.717) is 0 Å². The highest BCUT2D eigenvalue weighted by Crippen LogP contribution is 2.15. The topological polar surface area (TPSA) is 56.9 Å². The van der Waals surface area contributed by atoms with Crippen molar-refractivity contribution in [2.45, 2.75) is 26.3 Å². The molecule has 0 amide bonds. The van der Waals surface area contributed by atoms with Gasteiger partial charge in [-0.3, -0.25) is 15.3 Å². The van der Waals surface area contributed by atoms with Crippen molar-refractivity contribution >= 4 is 5.96 Å². The number of guanidine groups is 1. The van der Waals surface area contributed by atoms with E-state index >= 15 is 0 Å². The smallest absolute Gasteiger partial charge is 0.208 e. The molecule has 1 aliphatic heterocycles. The van der Waals surface area contributed by atoms with Crippen molar-refractivity contribution in [2.75, 3.05) is 33.2 Å². The van der Waals surface area contributed by atoms with E-state index in [2.05, 4.69) is 41.0 Å². The van der Waals surface area contributed by atoms with Crippen LogP contribution in [0.2, 0.25) is 0 Å². The van der Waals surface area contributed by atoms with E-state index in [4.69, 9.17) is 5.84 Å². The zero-order valence-corrected chi connectivity index (χ0v) is 10.2. The van der Waals surface area contributed by atoms with Crippen molar-refractivity contribution in [3.05, 3.63) is 0 Å². The summed E-state index contributed by atoms with van der Waals surface area (Å²) in [4.78, 5) is 8.77. The number of piperazine rings is 1. The van der Waals surface area contributed by atoms with E-state index in [1.807, 2.05) is 0 Å². The maximum absolute atomic E-state index is 5.40. The highest BCUT2D eigenvalue weighted by Gasteiger charge is 2.26. The SMILES string of the molecule is CN=C(NN)N1CCN(C(C)(C)C)CC1. The molecule has 1 fully saturated rings. The van der Waals surface area contributed by atoms with Crippen molar-refractivity contribution in [2.24, 2.45) is 10.8 Å². The fourth-order valence-corrected chi connectivity index (χ4v) is 1.89. The molecule has 0 spiro atoms. The van der Waals surface area contributed by atoms with Crippen LogP contribution in [0.4, 0.5) is 0 Å². The second-order valence-electron chi connectivity index (χ2n) is 4.84. The van der Waals surface area contributed by atoms with Crippen molar-refractivity contribution < 1.29 is 0 Å². The Labute approximate surface area is 92.3 Å². The van der Waals surface area contributed by atoms with Crippen molar-refractivity contribution in [1.82, 2.24) is 15.2 Å². The molecule has 0 radical (unpaired) electrons. The number of nitrogens with zero attached hydrogens (tertiary/aromatic N) is 3. The van der Waals surface area contributed by atoms with Gasteiger partial charge in [0.15, 0.2) is 0 Å². The van der Waals surface area contributed by atoms with Crippen LogP contribution in [0.25, 0.3) is 0 Å². The lowest BCUT2D eigenvalue weighted by Gasteiger charge is -2.42. The summed E-state index contributed by atoms with van der Waals surface area (Å²) in [6.07, 6.45) is 0. The maximum Gasteiger partial charge on any atom is 0.208 e. The van der Waals surface area contributed by atoms with Crippen LogP contribution in [-0.4, -0.2) is 54.5 Å². The van der Waals surface area contributed by atoms with Crippen LogP contribution in [0.5, 0.6) is 0 Å². The van der Waals surface area contributed by atoms with Crippen LogP contribution >= 0.6 is 0 Å². The Kier molecular flexibility index (Phi) is 3.93. The minimum atomic E-state index is 0.256. The fourth-order valence-electron chi connectivity index (χ4n) is 1.89. The molecule has 5 nitrogen and oxygen atoms in total. The van der Waals surface area contributed by atoms with Crippen LogP contribution < -0.4 is 11.3 Å². The molecule has 3 N–H and O–H groups in total. The molecule has 15 heavy (non-hydrogen) atoms. The molecule has 1 saturated heterocycles. The minimum absolute atomic E-state index is 0.256. The first-order chi connectivity index (χ1) is 6.99. The molecule has 0 aromatic heterocycles. The molecule has 0 unspecified atom stereocenters. The summed E-state index contributed by atoms with van der Waals surface area (Å²) in [5, 5.41) is 0. The minimum Gasteiger partial charge on any atom is -0.339 e. The summed E-state index contributed by atoms with van der Waals surface area (Å²) in [5.74, 6) is 6.18. The normalized spacial score (nSPS) is 20.6. The zero-order valence-electron chi connectivity index (χ0n) is 10.2. The Morgan fingerprint density at radius 2 is 1.73 bits per heavy atom. The van der Waals surface area contributed by atoms with E-state index in [-0.39, 0.29) is 5.54 Å². The summed E-state index contributed by atoms with van der Waals surface area (Å²) in [6.45, 7) is 10.8. The van der Waals surface area contributed by atoms with Gasteiger partial charge >= 0.3 is 0 Å². The fraction of sp³-hybridized carbons (Fsp3) is 0.900. The molecule has 1 aliphatic rings. The number of rotatable bonds is 0. The van der Waals surface area contributed by atoms with Gasteiger partial charge in [0.1, 0.15) is 0 Å². The second-order valence-corrected chi connectivity index (χ2v) is 4.84. The summed E-state index contributed by atoms with van der Waals surface area (Å²) < 4.78 is 0. The number of hydrogen-bond donors (Lipinski definition) is 2. The van der Waals surface area contributed by atoms with Crippen LogP contribution in [0.3, 0.4) is 0 Å². The highest BCUT2D eigenvalue weighted by molar-refractivity contribution is 5.79. The highest BCUT2D eigenvalue weighted by atomic mass is 15.4. The predicted molar refractivity (Wildman–Crippen MR) is 63.6 cm³/mol. The largest absolute Gasteiger partial charge is 0.339 e. The van der Waals surface area contributed by atoms with E-state index in [1.54, 1.807) is 7.05 Å². The number of nitrogens with one attached hydrogen (secondary N) is 1. The third-order valence-corrected chi connectivity index (χ3v) is 2.87. The van der Waals surface area contributed by atoms with E-state index in [0.717, 1.165) is 32.1 Å². The van der Waals surface area contributed by atoms with Gasteiger partial charge in [0.25, 0.3) is 0 Å². The number of aliphatic imine (C=N–C) groups is 1. The average molecular weight is 213 g/mol. The van der Waals surface area contributed by atoms with Crippen molar-refractivity contribution in [3.63, 3.8) is 0 Å². The van der Waals surface area contributed by atoms with Gasteiger partial charge in [0, 0.05) is 38.8 Å². The van der Waals surface area contributed by atoms with Gasteiger partial charge in [-0.05, 0) is 20.8 Å². The predicted octanol–water partition coefficient (Wildman–Crippen LogP) is -0.148. The maximum atomic E-state index is 5.40. The molecule has 0 aromatic carbocycles. The lowest BCUT2D eigenvalue weighted by atomic mass is 10.1. The molecule has 5 heteroatoms. The molecule has 0 atom stereocenters. The summed E-state index contributed by atoms with van der Waals surface area (Å²) in [5.41, 5.74) is 2.89. The Hall–Kier alpha value is -0.810. The van der Waals surface area contributed by atoms with Gasteiger partial charge in [-0.1, -0.05) is 0 Å². The van der Waals surface area contributed by atoms with E-state index in [1.165, 1.54) is 0 Å². The summed E-state index contributed by atoms with van der Waals surface area (Å²) in [6, 6.07) is 0. The van der Waals surface area contributed by atoms with Gasteiger partial charge in [-0.2, -0.15) is 0 Å².